The first-order valence-corrected chi connectivity index (χ1v) is 6.66. The highest BCUT2D eigenvalue weighted by atomic mass is 19.1. The van der Waals surface area contributed by atoms with E-state index in [1.54, 1.807) is 12.1 Å². The van der Waals surface area contributed by atoms with Crippen LogP contribution in [0.2, 0.25) is 0 Å². The summed E-state index contributed by atoms with van der Waals surface area (Å²) in [5, 5.41) is 0. The summed E-state index contributed by atoms with van der Waals surface area (Å²) in [5.41, 5.74) is 0.900. The second-order valence-corrected chi connectivity index (χ2v) is 4.58. The van der Waals surface area contributed by atoms with Gasteiger partial charge in [-0.2, -0.15) is 0 Å². The number of hydrogen-bond acceptors (Lipinski definition) is 3. The van der Waals surface area contributed by atoms with E-state index >= 15 is 0 Å². The van der Waals surface area contributed by atoms with E-state index in [9.17, 15) is 14.0 Å². The van der Waals surface area contributed by atoms with Crippen LogP contribution in [0.4, 0.5) is 4.39 Å². The summed E-state index contributed by atoms with van der Waals surface area (Å²) in [4.78, 5) is 22.5. The Morgan fingerprint density at radius 3 is 2.62 bits per heavy atom. The van der Waals surface area contributed by atoms with E-state index in [0.717, 1.165) is 6.07 Å². The molecule has 21 heavy (non-hydrogen) atoms. The second-order valence-electron chi connectivity index (χ2n) is 4.58. The van der Waals surface area contributed by atoms with Crippen LogP contribution in [0.15, 0.2) is 48.5 Å². The Kier molecular flexibility index (Phi) is 5.21. The summed E-state index contributed by atoms with van der Waals surface area (Å²) in [6.07, 6.45) is 1.45. The molecule has 0 heterocycles. The summed E-state index contributed by atoms with van der Waals surface area (Å²) < 4.78 is 18.5. The summed E-state index contributed by atoms with van der Waals surface area (Å²) >= 11 is 0. The first-order valence-electron chi connectivity index (χ1n) is 6.66. The van der Waals surface area contributed by atoms with Gasteiger partial charge in [0.2, 0.25) is 0 Å². The number of hydrogen-bond donors (Lipinski definition) is 0. The van der Waals surface area contributed by atoms with Crippen molar-refractivity contribution in [3.05, 3.63) is 65.5 Å². The molecule has 108 valence electrons. The lowest BCUT2D eigenvalue weighted by molar-refractivity contribution is 0.0973. The van der Waals surface area contributed by atoms with E-state index in [-0.39, 0.29) is 11.3 Å². The number of benzene rings is 2. The minimum Gasteiger partial charge on any atom is -0.493 e. The Balaban J connectivity index is 1.81. The van der Waals surface area contributed by atoms with Gasteiger partial charge < -0.3 is 4.74 Å². The van der Waals surface area contributed by atoms with Crippen LogP contribution >= 0.6 is 0 Å². The summed E-state index contributed by atoms with van der Waals surface area (Å²) in [7, 11) is 0. The number of ether oxygens (including phenoxy) is 1. The van der Waals surface area contributed by atoms with Crippen molar-refractivity contribution >= 4 is 12.1 Å². The van der Waals surface area contributed by atoms with Crippen molar-refractivity contribution in [2.45, 2.75) is 12.8 Å². The van der Waals surface area contributed by atoms with Crippen LogP contribution in [-0.4, -0.2) is 18.7 Å². The maximum atomic E-state index is 13.2. The third-order valence-electron chi connectivity index (χ3n) is 2.94. The fourth-order valence-corrected chi connectivity index (χ4v) is 1.93. The Bertz CT molecular complexity index is 623. The van der Waals surface area contributed by atoms with Crippen LogP contribution in [0.1, 0.15) is 33.6 Å². The lowest BCUT2D eigenvalue weighted by Crippen LogP contribution is -2.04. The van der Waals surface area contributed by atoms with Gasteiger partial charge in [-0.25, -0.2) is 4.39 Å². The van der Waals surface area contributed by atoms with Gasteiger partial charge >= 0.3 is 0 Å². The maximum absolute atomic E-state index is 13.2. The molecule has 0 radical (unpaired) electrons. The van der Waals surface area contributed by atoms with Crippen LogP contribution < -0.4 is 4.74 Å². The van der Waals surface area contributed by atoms with Gasteiger partial charge in [0.15, 0.2) is 5.78 Å². The van der Waals surface area contributed by atoms with Crippen LogP contribution in [0.25, 0.3) is 0 Å². The quantitative estimate of drug-likeness (QED) is 0.443. The zero-order valence-corrected chi connectivity index (χ0v) is 11.4. The Morgan fingerprint density at radius 1 is 1.14 bits per heavy atom. The van der Waals surface area contributed by atoms with Gasteiger partial charge in [-0.3, -0.25) is 9.59 Å². The van der Waals surface area contributed by atoms with Crippen molar-refractivity contribution < 1.29 is 18.7 Å². The topological polar surface area (TPSA) is 43.4 Å². The molecule has 0 aliphatic carbocycles. The van der Waals surface area contributed by atoms with Gasteiger partial charge in [-0.1, -0.05) is 30.3 Å². The number of ketones is 1. The molecular formula is C17H15FO3. The largest absolute Gasteiger partial charge is 0.493 e. The first-order chi connectivity index (χ1) is 10.2. The van der Waals surface area contributed by atoms with Crippen molar-refractivity contribution in [2.24, 2.45) is 0 Å². The van der Waals surface area contributed by atoms with Crippen LogP contribution in [0, 0.1) is 5.82 Å². The molecule has 0 unspecified atom stereocenters. The minimum absolute atomic E-state index is 0.0482. The molecule has 3 nitrogen and oxygen atoms in total. The number of halogens is 1. The lowest BCUT2D eigenvalue weighted by atomic mass is 10.1. The summed E-state index contributed by atoms with van der Waals surface area (Å²) in [6.45, 7) is 0.292. The van der Waals surface area contributed by atoms with Gasteiger partial charge in [0, 0.05) is 23.6 Å². The second kappa shape index (κ2) is 7.33. The molecule has 0 aliphatic rings. The highest BCUT2D eigenvalue weighted by Crippen LogP contribution is 2.16. The molecular weight excluding hydrogens is 271 g/mol. The van der Waals surface area contributed by atoms with Crippen molar-refractivity contribution in [3.8, 4) is 5.75 Å². The standard InChI is InChI=1S/C17H15FO3/c18-15-9-13(12-19)10-16(11-15)21-8-4-7-17(20)14-5-2-1-3-6-14/h1-3,5-6,9-12H,4,7-8H2. The van der Waals surface area contributed by atoms with Crippen molar-refractivity contribution in [2.75, 3.05) is 6.61 Å². The molecule has 0 fully saturated rings. The third kappa shape index (κ3) is 4.53. The van der Waals surface area contributed by atoms with Gasteiger partial charge in [-0.05, 0) is 18.6 Å². The number of aldehydes is 1. The van der Waals surface area contributed by atoms with E-state index in [1.165, 1.54) is 12.1 Å². The monoisotopic (exact) mass is 286 g/mol. The smallest absolute Gasteiger partial charge is 0.163 e. The average Bonchev–Trinajstić information content (AvgIpc) is 2.51. The van der Waals surface area contributed by atoms with E-state index in [2.05, 4.69) is 0 Å². The lowest BCUT2D eigenvalue weighted by Gasteiger charge is -2.06. The molecule has 0 aromatic heterocycles. The number of rotatable bonds is 7. The van der Waals surface area contributed by atoms with E-state index in [4.69, 9.17) is 4.74 Å². The Morgan fingerprint density at radius 2 is 1.90 bits per heavy atom. The predicted molar refractivity (Wildman–Crippen MR) is 77.3 cm³/mol. The predicted octanol–water partition coefficient (Wildman–Crippen LogP) is 3.68. The van der Waals surface area contributed by atoms with Crippen LogP contribution in [-0.2, 0) is 0 Å². The van der Waals surface area contributed by atoms with Gasteiger partial charge in [0.1, 0.15) is 17.9 Å². The third-order valence-corrected chi connectivity index (χ3v) is 2.94. The van der Waals surface area contributed by atoms with E-state index < -0.39 is 5.82 Å². The maximum Gasteiger partial charge on any atom is 0.163 e. The number of Topliss-reactive ketones (excluding diaryl/α,β-unsaturated/α-hetero) is 1. The van der Waals surface area contributed by atoms with E-state index in [1.807, 2.05) is 18.2 Å². The van der Waals surface area contributed by atoms with Crippen molar-refractivity contribution in [1.82, 2.24) is 0 Å². The first kappa shape index (κ1) is 14.9. The molecule has 2 rings (SSSR count). The fourth-order valence-electron chi connectivity index (χ4n) is 1.93. The normalized spacial score (nSPS) is 10.1. The molecule has 0 N–H and O–H groups in total. The van der Waals surface area contributed by atoms with Gasteiger partial charge in [0.25, 0.3) is 0 Å². The molecule has 2 aromatic carbocycles. The molecule has 0 amide bonds. The molecule has 4 heteroatoms. The Hall–Kier alpha value is -2.49. The van der Waals surface area contributed by atoms with Crippen LogP contribution in [0.3, 0.4) is 0 Å². The molecule has 0 spiro atoms. The average molecular weight is 286 g/mol. The molecule has 0 aliphatic heterocycles. The number of carbonyl (C=O) groups is 2. The fraction of sp³-hybridized carbons (Fsp3) is 0.176. The Labute approximate surface area is 122 Å². The van der Waals surface area contributed by atoms with Gasteiger partial charge in [0.05, 0.1) is 6.61 Å². The highest BCUT2D eigenvalue weighted by molar-refractivity contribution is 5.95. The summed E-state index contributed by atoms with van der Waals surface area (Å²) in [5.74, 6) is -0.175. The van der Waals surface area contributed by atoms with Crippen molar-refractivity contribution in [3.63, 3.8) is 0 Å². The molecule has 2 aromatic rings. The SMILES string of the molecule is O=Cc1cc(F)cc(OCCCC(=O)c2ccccc2)c1. The van der Waals surface area contributed by atoms with Crippen LogP contribution in [0.5, 0.6) is 5.75 Å². The van der Waals surface area contributed by atoms with Gasteiger partial charge in [-0.15, -0.1) is 0 Å². The highest BCUT2D eigenvalue weighted by Gasteiger charge is 2.05. The molecule has 0 bridgehead atoms. The molecule has 0 saturated carbocycles. The van der Waals surface area contributed by atoms with Crippen molar-refractivity contribution in [1.29, 1.82) is 0 Å². The van der Waals surface area contributed by atoms with E-state index in [0.29, 0.717) is 37.0 Å². The number of carbonyl (C=O) groups excluding carboxylic acids is 2. The minimum atomic E-state index is -0.519. The summed E-state index contributed by atoms with van der Waals surface area (Å²) in [6, 6.07) is 12.8. The zero-order chi connectivity index (χ0) is 15.1. The molecule has 0 saturated heterocycles. The molecule has 0 atom stereocenters. The zero-order valence-electron chi connectivity index (χ0n) is 11.4.